The van der Waals surface area contributed by atoms with E-state index in [-0.39, 0.29) is 17.8 Å². The van der Waals surface area contributed by atoms with E-state index in [1.165, 1.54) is 5.56 Å². The highest BCUT2D eigenvalue weighted by Crippen LogP contribution is 2.24. The van der Waals surface area contributed by atoms with Crippen molar-refractivity contribution >= 4 is 0 Å². The molecule has 0 heterocycles. The van der Waals surface area contributed by atoms with E-state index in [0.717, 1.165) is 5.56 Å². The molecule has 2 aromatic carbocycles. The van der Waals surface area contributed by atoms with E-state index < -0.39 is 0 Å². The molecule has 2 rings (SSSR count). The number of rotatable bonds is 5. The Morgan fingerprint density at radius 3 is 2.25 bits per heavy atom. The van der Waals surface area contributed by atoms with Crippen LogP contribution in [0.2, 0.25) is 0 Å². The van der Waals surface area contributed by atoms with Gasteiger partial charge in [-0.1, -0.05) is 42.5 Å². The standard InChI is InChI=1S/C18H19NO/c1-3-7-14(2)19-18(15-8-5-4-6-9-15)16-10-12-17(20)13-11-16/h1,4-6,8-14,18-20H,7H2,2H3. The van der Waals surface area contributed by atoms with Crippen LogP contribution in [0.3, 0.4) is 0 Å². The van der Waals surface area contributed by atoms with Gasteiger partial charge in [0.15, 0.2) is 0 Å². The first kappa shape index (κ1) is 14.2. The molecule has 2 nitrogen and oxygen atoms in total. The molecule has 0 amide bonds. The van der Waals surface area contributed by atoms with Gasteiger partial charge in [-0.05, 0) is 30.2 Å². The molecule has 0 bridgehead atoms. The molecule has 0 aromatic heterocycles. The van der Waals surface area contributed by atoms with Gasteiger partial charge in [-0.2, -0.15) is 0 Å². The molecule has 2 atom stereocenters. The van der Waals surface area contributed by atoms with Crippen molar-refractivity contribution in [3.05, 3.63) is 65.7 Å². The minimum atomic E-state index is 0.0696. The highest BCUT2D eigenvalue weighted by Gasteiger charge is 2.15. The summed E-state index contributed by atoms with van der Waals surface area (Å²) in [5.74, 6) is 2.96. The third-order valence-corrected chi connectivity index (χ3v) is 3.23. The maximum absolute atomic E-state index is 9.43. The summed E-state index contributed by atoms with van der Waals surface area (Å²) >= 11 is 0. The fraction of sp³-hybridized carbons (Fsp3) is 0.222. The van der Waals surface area contributed by atoms with Crippen molar-refractivity contribution in [1.29, 1.82) is 0 Å². The number of aromatic hydroxyl groups is 1. The topological polar surface area (TPSA) is 32.3 Å². The van der Waals surface area contributed by atoms with Gasteiger partial charge in [-0.15, -0.1) is 12.3 Å². The van der Waals surface area contributed by atoms with Crippen molar-refractivity contribution < 1.29 is 5.11 Å². The molecule has 0 saturated heterocycles. The van der Waals surface area contributed by atoms with Crippen LogP contribution in [0.4, 0.5) is 0 Å². The molecule has 0 fully saturated rings. The van der Waals surface area contributed by atoms with Crippen LogP contribution >= 0.6 is 0 Å². The van der Waals surface area contributed by atoms with Crippen molar-refractivity contribution in [3.8, 4) is 18.1 Å². The number of benzene rings is 2. The van der Waals surface area contributed by atoms with Gasteiger partial charge >= 0.3 is 0 Å². The molecule has 2 N–H and O–H groups in total. The van der Waals surface area contributed by atoms with Crippen molar-refractivity contribution in [2.45, 2.75) is 25.4 Å². The zero-order valence-corrected chi connectivity index (χ0v) is 11.6. The Balaban J connectivity index is 2.29. The van der Waals surface area contributed by atoms with Crippen LogP contribution in [0.25, 0.3) is 0 Å². The molecule has 0 radical (unpaired) electrons. The Kier molecular flexibility index (Phi) is 4.81. The zero-order valence-electron chi connectivity index (χ0n) is 11.6. The lowest BCUT2D eigenvalue weighted by atomic mass is 9.97. The normalized spacial score (nSPS) is 13.4. The molecule has 2 aromatic rings. The lowest BCUT2D eigenvalue weighted by molar-refractivity contribution is 0.473. The third kappa shape index (κ3) is 3.63. The monoisotopic (exact) mass is 265 g/mol. The number of phenolic OH excluding ortho intramolecular Hbond substituents is 1. The van der Waals surface area contributed by atoms with Crippen molar-refractivity contribution in [2.24, 2.45) is 0 Å². The van der Waals surface area contributed by atoms with E-state index in [1.807, 2.05) is 30.3 Å². The summed E-state index contributed by atoms with van der Waals surface area (Å²) in [6.45, 7) is 2.08. The van der Waals surface area contributed by atoms with Crippen LogP contribution < -0.4 is 5.32 Å². The Morgan fingerprint density at radius 2 is 1.65 bits per heavy atom. The summed E-state index contributed by atoms with van der Waals surface area (Å²) in [5.41, 5.74) is 2.29. The predicted octanol–water partition coefficient (Wildman–Crippen LogP) is 3.48. The first-order chi connectivity index (χ1) is 9.70. The molecule has 0 spiro atoms. The van der Waals surface area contributed by atoms with E-state index in [9.17, 15) is 5.11 Å². The number of phenols is 1. The summed E-state index contributed by atoms with van der Waals surface area (Å²) in [6, 6.07) is 17.8. The molecule has 2 unspecified atom stereocenters. The minimum absolute atomic E-state index is 0.0696. The van der Waals surface area contributed by atoms with Gasteiger partial charge in [-0.25, -0.2) is 0 Å². The van der Waals surface area contributed by atoms with Crippen LogP contribution in [0.1, 0.15) is 30.5 Å². The second-order valence-electron chi connectivity index (χ2n) is 4.91. The minimum Gasteiger partial charge on any atom is -0.508 e. The maximum Gasteiger partial charge on any atom is 0.115 e. The average Bonchev–Trinajstić information content (AvgIpc) is 2.47. The average molecular weight is 265 g/mol. The molecule has 0 aliphatic rings. The van der Waals surface area contributed by atoms with Crippen LogP contribution in [0.5, 0.6) is 5.75 Å². The van der Waals surface area contributed by atoms with Gasteiger partial charge in [0, 0.05) is 12.5 Å². The van der Waals surface area contributed by atoms with Crippen LogP contribution in [-0.4, -0.2) is 11.1 Å². The smallest absolute Gasteiger partial charge is 0.115 e. The Morgan fingerprint density at radius 1 is 1.05 bits per heavy atom. The summed E-state index contributed by atoms with van der Waals surface area (Å²) in [4.78, 5) is 0. The number of terminal acetylenes is 1. The van der Waals surface area contributed by atoms with Gasteiger partial charge in [0.25, 0.3) is 0 Å². The van der Waals surface area contributed by atoms with Gasteiger partial charge in [0.05, 0.1) is 6.04 Å². The molecule has 0 aliphatic carbocycles. The summed E-state index contributed by atoms with van der Waals surface area (Å²) in [6.07, 6.45) is 6.06. The Hall–Kier alpha value is -2.24. The lowest BCUT2D eigenvalue weighted by Crippen LogP contribution is -2.31. The summed E-state index contributed by atoms with van der Waals surface area (Å²) in [5, 5.41) is 13.0. The highest BCUT2D eigenvalue weighted by atomic mass is 16.3. The van der Waals surface area contributed by atoms with Crippen LogP contribution in [-0.2, 0) is 0 Å². The lowest BCUT2D eigenvalue weighted by Gasteiger charge is -2.23. The quantitative estimate of drug-likeness (QED) is 0.811. The maximum atomic E-state index is 9.43. The van der Waals surface area contributed by atoms with E-state index in [2.05, 4.69) is 30.3 Å². The van der Waals surface area contributed by atoms with Crippen LogP contribution in [0.15, 0.2) is 54.6 Å². The van der Waals surface area contributed by atoms with Crippen molar-refractivity contribution in [2.75, 3.05) is 0 Å². The molecule has 0 saturated carbocycles. The van der Waals surface area contributed by atoms with Crippen molar-refractivity contribution in [1.82, 2.24) is 5.32 Å². The highest BCUT2D eigenvalue weighted by molar-refractivity contribution is 5.35. The zero-order chi connectivity index (χ0) is 14.4. The SMILES string of the molecule is C#CCC(C)NC(c1ccccc1)c1ccc(O)cc1. The van der Waals surface area contributed by atoms with E-state index in [4.69, 9.17) is 6.42 Å². The molecule has 20 heavy (non-hydrogen) atoms. The first-order valence-corrected chi connectivity index (χ1v) is 6.74. The fourth-order valence-corrected chi connectivity index (χ4v) is 2.22. The van der Waals surface area contributed by atoms with Crippen molar-refractivity contribution in [3.63, 3.8) is 0 Å². The Labute approximate surface area is 120 Å². The van der Waals surface area contributed by atoms with E-state index in [1.54, 1.807) is 12.1 Å². The molecular formula is C18H19NO. The van der Waals surface area contributed by atoms with Gasteiger partial charge in [-0.3, -0.25) is 0 Å². The molecular weight excluding hydrogens is 246 g/mol. The summed E-state index contributed by atoms with van der Waals surface area (Å²) in [7, 11) is 0. The molecule has 0 aliphatic heterocycles. The second kappa shape index (κ2) is 6.79. The second-order valence-corrected chi connectivity index (χ2v) is 4.91. The van der Waals surface area contributed by atoms with Gasteiger partial charge in [0.1, 0.15) is 5.75 Å². The van der Waals surface area contributed by atoms with E-state index in [0.29, 0.717) is 6.42 Å². The largest absolute Gasteiger partial charge is 0.508 e. The number of hydrogen-bond donors (Lipinski definition) is 2. The van der Waals surface area contributed by atoms with E-state index >= 15 is 0 Å². The molecule has 102 valence electrons. The Bertz CT molecular complexity index is 569. The fourth-order valence-electron chi connectivity index (χ4n) is 2.22. The van der Waals surface area contributed by atoms with Gasteiger partial charge < -0.3 is 10.4 Å². The number of nitrogens with one attached hydrogen (secondary N) is 1. The predicted molar refractivity (Wildman–Crippen MR) is 82.4 cm³/mol. The van der Waals surface area contributed by atoms with Crippen LogP contribution in [0, 0.1) is 12.3 Å². The molecule has 2 heteroatoms. The summed E-state index contributed by atoms with van der Waals surface area (Å²) < 4.78 is 0. The van der Waals surface area contributed by atoms with Gasteiger partial charge in [0.2, 0.25) is 0 Å². The number of hydrogen-bond acceptors (Lipinski definition) is 2. The first-order valence-electron chi connectivity index (χ1n) is 6.74. The third-order valence-electron chi connectivity index (χ3n) is 3.23.